The Kier molecular flexibility index (Phi) is 5.75. The van der Waals surface area contributed by atoms with Gasteiger partial charge in [0.15, 0.2) is 0 Å². The summed E-state index contributed by atoms with van der Waals surface area (Å²) in [6.45, 7) is 5.59. The number of methoxy groups -OCH3 is 1. The maximum atomic E-state index is 13.9. The van der Waals surface area contributed by atoms with Gasteiger partial charge in [-0.05, 0) is 57.5 Å². The Balaban J connectivity index is 1.59. The highest BCUT2D eigenvalue weighted by Gasteiger charge is 2.64. The fourth-order valence-corrected chi connectivity index (χ4v) is 6.03. The second kappa shape index (κ2) is 8.67. The lowest BCUT2D eigenvalue weighted by molar-refractivity contribution is -0.122. The van der Waals surface area contributed by atoms with Crippen LogP contribution in [-0.4, -0.2) is 36.4 Å². The molecule has 0 spiro atoms. The van der Waals surface area contributed by atoms with Crippen molar-refractivity contribution >= 4 is 26.8 Å². The average molecular weight is 503 g/mol. The van der Waals surface area contributed by atoms with Gasteiger partial charge in [0, 0.05) is 35.0 Å². The normalized spacial score (nSPS) is 19.2. The van der Waals surface area contributed by atoms with Crippen LogP contribution in [-0.2, 0) is 20.2 Å². The molecule has 0 saturated heterocycles. The van der Waals surface area contributed by atoms with Gasteiger partial charge in [0.25, 0.3) is 10.0 Å². The second-order valence-electron chi connectivity index (χ2n) is 9.22. The number of rotatable bonds is 6. The number of ether oxygens (including phenoxy) is 1. The van der Waals surface area contributed by atoms with E-state index in [0.29, 0.717) is 34.3 Å². The number of aryl methyl sites for hydroxylation is 3. The number of amides is 1. The van der Waals surface area contributed by atoms with Crippen LogP contribution in [0.3, 0.4) is 0 Å². The molecule has 1 aliphatic rings. The molecule has 2 aromatic heterocycles. The van der Waals surface area contributed by atoms with E-state index in [4.69, 9.17) is 4.74 Å². The lowest BCUT2D eigenvalue weighted by Crippen LogP contribution is -2.40. The van der Waals surface area contributed by atoms with Crippen molar-refractivity contribution in [3.05, 3.63) is 89.1 Å². The van der Waals surface area contributed by atoms with Gasteiger partial charge >= 0.3 is 0 Å². The summed E-state index contributed by atoms with van der Waals surface area (Å²) in [5.41, 5.74) is 3.07. The zero-order chi connectivity index (χ0) is 25.7. The first kappa shape index (κ1) is 23.9. The Morgan fingerprint density at radius 1 is 1.03 bits per heavy atom. The molecule has 1 fully saturated rings. The smallest absolute Gasteiger partial charge is 0.264 e. The maximum Gasteiger partial charge on any atom is 0.264 e. The minimum Gasteiger partial charge on any atom is -0.496 e. The van der Waals surface area contributed by atoms with Crippen LogP contribution >= 0.6 is 0 Å². The van der Waals surface area contributed by atoms with Crippen LogP contribution in [0.1, 0.15) is 40.5 Å². The lowest BCUT2D eigenvalue weighted by atomic mass is 9.89. The van der Waals surface area contributed by atoms with Gasteiger partial charge in [-0.1, -0.05) is 23.8 Å². The molecule has 2 heterocycles. The Hall–Kier alpha value is -3.85. The summed E-state index contributed by atoms with van der Waals surface area (Å²) in [5.74, 6) is -0.468. The van der Waals surface area contributed by atoms with E-state index in [0.717, 1.165) is 17.0 Å². The Labute approximate surface area is 209 Å². The number of nitrogens with one attached hydrogen (secondary N) is 1. The van der Waals surface area contributed by atoms with Gasteiger partial charge in [0.1, 0.15) is 5.75 Å². The predicted molar refractivity (Wildman–Crippen MR) is 135 cm³/mol. The van der Waals surface area contributed by atoms with Gasteiger partial charge < -0.3 is 4.74 Å². The number of fused-ring (bicyclic) bond motifs is 1. The van der Waals surface area contributed by atoms with Crippen molar-refractivity contribution in [2.24, 2.45) is 0 Å². The molecule has 184 valence electrons. The second-order valence-corrected chi connectivity index (χ2v) is 10.9. The minimum absolute atomic E-state index is 0.000431. The molecule has 0 bridgehead atoms. The molecular weight excluding hydrogens is 476 g/mol. The lowest BCUT2D eigenvalue weighted by Gasteiger charge is -2.21. The fourth-order valence-electron chi connectivity index (χ4n) is 4.78. The van der Waals surface area contributed by atoms with Crippen molar-refractivity contribution in [3.8, 4) is 5.75 Å². The van der Waals surface area contributed by atoms with Crippen molar-refractivity contribution in [3.63, 3.8) is 0 Å². The first-order chi connectivity index (χ1) is 17.2. The van der Waals surface area contributed by atoms with Crippen LogP contribution in [0.25, 0.3) is 10.9 Å². The summed E-state index contributed by atoms with van der Waals surface area (Å²) in [4.78, 5) is 27.2. The van der Waals surface area contributed by atoms with Crippen molar-refractivity contribution in [1.29, 1.82) is 0 Å². The number of hydrogen-bond acceptors (Lipinski definition) is 7. The fraction of sp³-hybridized carbons (Fsp3) is 0.259. The van der Waals surface area contributed by atoms with Crippen LogP contribution in [0.4, 0.5) is 0 Å². The highest BCUT2D eigenvalue weighted by Crippen LogP contribution is 2.62. The van der Waals surface area contributed by atoms with Crippen molar-refractivity contribution in [2.45, 2.75) is 43.4 Å². The maximum absolute atomic E-state index is 13.9. The van der Waals surface area contributed by atoms with E-state index in [1.54, 1.807) is 42.7 Å². The Morgan fingerprint density at radius 2 is 1.83 bits per heavy atom. The summed E-state index contributed by atoms with van der Waals surface area (Å²) >= 11 is 0. The number of pyridine rings is 1. The number of carbonyl (C=O) groups is 1. The topological polar surface area (TPSA) is 111 Å². The van der Waals surface area contributed by atoms with Crippen molar-refractivity contribution in [2.75, 3.05) is 7.11 Å². The largest absolute Gasteiger partial charge is 0.496 e. The van der Waals surface area contributed by atoms with E-state index in [2.05, 4.69) is 19.7 Å². The molecule has 0 aliphatic heterocycles. The third-order valence-electron chi connectivity index (χ3n) is 6.71. The van der Waals surface area contributed by atoms with E-state index in [1.807, 2.05) is 32.9 Å². The van der Waals surface area contributed by atoms with Gasteiger partial charge in [-0.25, -0.2) is 13.1 Å². The minimum atomic E-state index is -4.21. The van der Waals surface area contributed by atoms with Crippen molar-refractivity contribution < 1.29 is 17.9 Å². The van der Waals surface area contributed by atoms with E-state index >= 15 is 0 Å². The van der Waals surface area contributed by atoms with Crippen LogP contribution in [0.15, 0.2) is 65.8 Å². The van der Waals surface area contributed by atoms with Crippen molar-refractivity contribution in [1.82, 2.24) is 19.7 Å². The van der Waals surface area contributed by atoms with Gasteiger partial charge in [0.2, 0.25) is 5.91 Å². The Morgan fingerprint density at radius 3 is 2.56 bits per heavy atom. The summed E-state index contributed by atoms with van der Waals surface area (Å²) in [6, 6.07) is 13.8. The molecule has 5 rings (SSSR count). The van der Waals surface area contributed by atoms with Gasteiger partial charge in [-0.15, -0.1) is 0 Å². The zero-order valence-corrected chi connectivity index (χ0v) is 21.3. The summed E-state index contributed by atoms with van der Waals surface area (Å²) in [7, 11) is -2.68. The first-order valence-corrected chi connectivity index (χ1v) is 13.0. The molecule has 1 amide bonds. The number of benzene rings is 2. The van der Waals surface area contributed by atoms with E-state index < -0.39 is 21.3 Å². The molecule has 4 aromatic rings. The zero-order valence-electron chi connectivity index (χ0n) is 20.4. The molecule has 2 atom stereocenters. The molecule has 2 unspecified atom stereocenters. The molecule has 8 nitrogen and oxygen atoms in total. The molecule has 2 aromatic carbocycles. The third kappa shape index (κ3) is 3.99. The summed E-state index contributed by atoms with van der Waals surface area (Å²) < 4.78 is 35.0. The SMILES string of the molecule is COc1ccc(C)cc1C1(C(=O)NS(=O)(=O)c2cccc3nc(C)ccc23)CC1c1cnc(C)cn1. The molecule has 36 heavy (non-hydrogen) atoms. The van der Waals surface area contributed by atoms with Crippen LogP contribution < -0.4 is 9.46 Å². The van der Waals surface area contributed by atoms with Gasteiger partial charge in [-0.3, -0.25) is 19.7 Å². The van der Waals surface area contributed by atoms with E-state index in [1.165, 1.54) is 13.2 Å². The van der Waals surface area contributed by atoms with Crippen LogP contribution in [0.5, 0.6) is 5.75 Å². The van der Waals surface area contributed by atoms with Crippen LogP contribution in [0, 0.1) is 20.8 Å². The quantitative estimate of drug-likeness (QED) is 0.426. The third-order valence-corrected chi connectivity index (χ3v) is 8.10. The highest BCUT2D eigenvalue weighted by atomic mass is 32.2. The Bertz CT molecular complexity index is 1600. The number of sulfonamides is 1. The standard InChI is InChI=1S/C27H26N4O4S/c1-16-8-11-24(35-4)20(12-16)27(13-21(27)23-15-28-18(3)14-29-23)26(32)31-36(33,34)25-7-5-6-22-19(25)10-9-17(2)30-22/h5-12,14-15,21H,13H2,1-4H3,(H,31,32). The highest BCUT2D eigenvalue weighted by molar-refractivity contribution is 7.90. The number of carbonyl (C=O) groups excluding carboxylic acids is 1. The number of aromatic nitrogens is 3. The molecule has 0 radical (unpaired) electrons. The monoisotopic (exact) mass is 502 g/mol. The van der Waals surface area contributed by atoms with Crippen LogP contribution in [0.2, 0.25) is 0 Å². The molecule has 9 heteroatoms. The predicted octanol–water partition coefficient (Wildman–Crippen LogP) is 3.89. The van der Waals surface area contributed by atoms with Gasteiger partial charge in [0.05, 0.1) is 34.3 Å². The van der Waals surface area contributed by atoms with E-state index in [-0.39, 0.29) is 10.8 Å². The number of nitrogens with zero attached hydrogens (tertiary/aromatic N) is 3. The molecule has 1 saturated carbocycles. The van der Waals surface area contributed by atoms with E-state index in [9.17, 15) is 13.2 Å². The average Bonchev–Trinajstić information content (AvgIpc) is 3.60. The van der Waals surface area contributed by atoms with Gasteiger partial charge in [-0.2, -0.15) is 0 Å². The summed E-state index contributed by atoms with van der Waals surface area (Å²) in [6.07, 6.45) is 3.67. The summed E-state index contributed by atoms with van der Waals surface area (Å²) in [5, 5.41) is 0.447. The molecule has 1 N–H and O–H groups in total. The molecule has 1 aliphatic carbocycles. The molecular formula is C27H26N4O4S. The number of hydrogen-bond donors (Lipinski definition) is 1. The first-order valence-electron chi connectivity index (χ1n) is 11.5.